The Hall–Kier alpha value is -4.82. The fourth-order valence-electron chi connectivity index (χ4n) is 7.77. The van der Waals surface area contributed by atoms with Gasteiger partial charge in [0.25, 0.3) is 5.91 Å². The summed E-state index contributed by atoms with van der Waals surface area (Å²) in [6.07, 6.45) is 5.88. The molecule has 55 heavy (non-hydrogen) atoms. The highest BCUT2D eigenvalue weighted by Crippen LogP contribution is 2.46. The Kier molecular flexibility index (Phi) is 9.91. The molecule has 0 spiro atoms. The van der Waals surface area contributed by atoms with Gasteiger partial charge in [-0.3, -0.25) is 19.1 Å². The third-order valence-electron chi connectivity index (χ3n) is 11.2. The van der Waals surface area contributed by atoms with Crippen LogP contribution in [-0.4, -0.2) is 76.5 Å². The van der Waals surface area contributed by atoms with Crippen molar-refractivity contribution >= 4 is 55.1 Å². The van der Waals surface area contributed by atoms with E-state index in [4.69, 9.17) is 14.7 Å². The standard InChI is InChI=1S/C41H46N6O6S2/c1-4-27-21-41(27,39(50)46-55(51,52)30-15-16-30)45-37(48)34-19-29-22-47(34)38(49)36(24(2)3)44-40-42-28(23-54-40)13-9-8-10-25-14-17-32-31(18-25)35(53-29)20-33(43-32)26-11-6-5-7-12-26/h4-7,11-12,14,17-18,20,23-24,27,29-30,34,36H,1,8-10,13,15-16,19,21-22H2,2-3H3,(H,42,44)(H,45,48)(H,46,50)/t27?,29-,34+,36?,41-/m1/s1. The van der Waals surface area contributed by atoms with E-state index in [0.717, 1.165) is 59.1 Å². The van der Waals surface area contributed by atoms with E-state index in [2.05, 4.69) is 34.1 Å². The van der Waals surface area contributed by atoms with Gasteiger partial charge in [0.1, 0.15) is 29.5 Å². The average Bonchev–Trinajstić information content (AvgIpc) is 4.06. The number of sulfonamides is 1. The first-order chi connectivity index (χ1) is 26.4. The molecule has 12 nitrogen and oxygen atoms in total. The summed E-state index contributed by atoms with van der Waals surface area (Å²) in [5, 5.41) is 9.15. The van der Waals surface area contributed by atoms with Gasteiger partial charge in [0.05, 0.1) is 28.7 Å². The molecule has 8 rings (SSSR count). The average molecular weight is 783 g/mol. The Morgan fingerprint density at radius 3 is 2.60 bits per heavy atom. The highest BCUT2D eigenvalue weighted by atomic mass is 32.2. The van der Waals surface area contributed by atoms with Crippen molar-refractivity contribution in [1.29, 1.82) is 0 Å². The zero-order chi connectivity index (χ0) is 38.5. The topological polar surface area (TPSA) is 160 Å². The highest BCUT2D eigenvalue weighted by molar-refractivity contribution is 7.91. The Morgan fingerprint density at radius 1 is 1.09 bits per heavy atom. The molecule has 288 valence electrons. The van der Waals surface area contributed by atoms with Crippen LogP contribution in [-0.2, 0) is 37.2 Å². The van der Waals surface area contributed by atoms with E-state index in [1.54, 1.807) is 11.0 Å². The van der Waals surface area contributed by atoms with Crippen LogP contribution < -0.4 is 20.1 Å². The van der Waals surface area contributed by atoms with Gasteiger partial charge in [0.2, 0.25) is 21.8 Å². The predicted molar refractivity (Wildman–Crippen MR) is 212 cm³/mol. The third-order valence-corrected chi connectivity index (χ3v) is 13.8. The Balaban J connectivity index is 1.16. The number of nitrogens with zero attached hydrogens (tertiary/aromatic N) is 3. The van der Waals surface area contributed by atoms with Gasteiger partial charge in [-0.1, -0.05) is 56.3 Å². The van der Waals surface area contributed by atoms with E-state index in [9.17, 15) is 22.8 Å². The number of anilines is 1. The van der Waals surface area contributed by atoms with Crippen LogP contribution in [0.1, 0.15) is 63.6 Å². The summed E-state index contributed by atoms with van der Waals surface area (Å²) in [6, 6.07) is 16.3. The number of carbonyl (C=O) groups is 3. The van der Waals surface area contributed by atoms with Crippen LogP contribution in [0, 0.1) is 11.8 Å². The molecule has 4 heterocycles. The second kappa shape index (κ2) is 14.7. The maximum absolute atomic E-state index is 14.7. The summed E-state index contributed by atoms with van der Waals surface area (Å²) in [5.41, 5.74) is 3.06. The minimum atomic E-state index is -3.87. The van der Waals surface area contributed by atoms with Crippen LogP contribution >= 0.6 is 11.3 Å². The van der Waals surface area contributed by atoms with Crippen molar-refractivity contribution in [1.82, 2.24) is 24.9 Å². The van der Waals surface area contributed by atoms with E-state index in [0.29, 0.717) is 23.7 Å². The molecule has 2 aliphatic heterocycles. The molecule has 2 unspecified atom stereocenters. The van der Waals surface area contributed by atoms with Crippen LogP contribution in [0.3, 0.4) is 0 Å². The number of fused-ring (bicyclic) bond motifs is 5. The molecule has 4 aromatic rings. The summed E-state index contributed by atoms with van der Waals surface area (Å²) >= 11 is 1.45. The molecule has 2 aliphatic carbocycles. The lowest BCUT2D eigenvalue weighted by atomic mass is 10.0. The van der Waals surface area contributed by atoms with Gasteiger partial charge in [-0.25, -0.2) is 18.4 Å². The predicted octanol–water partition coefficient (Wildman–Crippen LogP) is 5.39. The number of thiazole rings is 1. The number of amides is 3. The van der Waals surface area contributed by atoms with Gasteiger partial charge in [-0.05, 0) is 68.6 Å². The largest absolute Gasteiger partial charge is 0.488 e. The fraction of sp³-hybridized carbons (Fsp3) is 0.439. The zero-order valence-electron chi connectivity index (χ0n) is 31.0. The third kappa shape index (κ3) is 7.58. The maximum atomic E-state index is 14.7. The lowest BCUT2D eigenvalue weighted by Crippen LogP contribution is -2.58. The smallest absolute Gasteiger partial charge is 0.259 e. The van der Waals surface area contributed by atoms with E-state index in [-0.39, 0.29) is 31.2 Å². The van der Waals surface area contributed by atoms with Crippen LogP contribution in [0.25, 0.3) is 22.2 Å². The first-order valence-corrected chi connectivity index (χ1v) is 21.5. The molecule has 2 saturated carbocycles. The van der Waals surface area contributed by atoms with Crippen molar-refractivity contribution < 1.29 is 27.5 Å². The number of hydrogen-bond acceptors (Lipinski definition) is 10. The van der Waals surface area contributed by atoms with Gasteiger partial charge >= 0.3 is 0 Å². The van der Waals surface area contributed by atoms with Crippen molar-refractivity contribution in [2.24, 2.45) is 11.8 Å². The van der Waals surface area contributed by atoms with Gasteiger partial charge < -0.3 is 20.3 Å². The summed E-state index contributed by atoms with van der Waals surface area (Å²) in [4.78, 5) is 54.1. The molecule has 6 bridgehead atoms. The number of ether oxygens (including phenoxy) is 1. The monoisotopic (exact) mass is 782 g/mol. The first-order valence-electron chi connectivity index (χ1n) is 19.1. The van der Waals surface area contributed by atoms with E-state index >= 15 is 0 Å². The SMILES string of the molecule is C=CC1C[C@]1(NC(=O)[C@@H]1C[C@@H]2CN1C(=O)C(C(C)C)Nc1nc(cs1)CCCCc1ccc3nc(-c4ccccc4)cc(c3c1)O2)C(=O)NS(=O)(=O)C1CC1. The van der Waals surface area contributed by atoms with Gasteiger partial charge in [0.15, 0.2) is 5.13 Å². The van der Waals surface area contributed by atoms with Crippen molar-refractivity contribution in [2.75, 3.05) is 11.9 Å². The molecular formula is C41H46N6O6S2. The second-order valence-electron chi connectivity index (χ2n) is 15.6. The number of rotatable bonds is 8. The van der Waals surface area contributed by atoms with Crippen molar-refractivity contribution in [2.45, 2.75) is 94.2 Å². The summed E-state index contributed by atoms with van der Waals surface area (Å²) in [7, 11) is -3.87. The quantitative estimate of drug-likeness (QED) is 0.199. The lowest BCUT2D eigenvalue weighted by Gasteiger charge is -2.31. The summed E-state index contributed by atoms with van der Waals surface area (Å²) in [5.74, 6) is -1.66. The van der Waals surface area contributed by atoms with E-state index < -0.39 is 56.7 Å². The van der Waals surface area contributed by atoms with Crippen LogP contribution in [0.4, 0.5) is 5.13 Å². The Labute approximate surface area is 325 Å². The molecule has 3 amide bonds. The minimum Gasteiger partial charge on any atom is -0.488 e. The number of aromatic nitrogens is 2. The van der Waals surface area contributed by atoms with Gasteiger partial charge in [0, 0.05) is 34.7 Å². The van der Waals surface area contributed by atoms with E-state index in [1.165, 1.54) is 11.3 Å². The highest BCUT2D eigenvalue weighted by Gasteiger charge is 2.62. The first kappa shape index (κ1) is 37.1. The van der Waals surface area contributed by atoms with Crippen molar-refractivity contribution in [3.05, 3.63) is 83.9 Å². The number of aryl methyl sites for hydroxylation is 2. The Morgan fingerprint density at radius 2 is 1.87 bits per heavy atom. The molecule has 3 fully saturated rings. The number of hydrogen-bond donors (Lipinski definition) is 3. The van der Waals surface area contributed by atoms with Crippen LogP contribution in [0.2, 0.25) is 0 Å². The van der Waals surface area contributed by atoms with Gasteiger partial charge in [-0.15, -0.1) is 17.9 Å². The molecule has 4 aliphatic rings. The summed E-state index contributed by atoms with van der Waals surface area (Å²) in [6.45, 7) is 7.82. The van der Waals surface area contributed by atoms with Gasteiger partial charge in [-0.2, -0.15) is 0 Å². The zero-order valence-corrected chi connectivity index (χ0v) is 32.6. The van der Waals surface area contributed by atoms with Crippen LogP contribution in [0.5, 0.6) is 5.75 Å². The molecular weight excluding hydrogens is 737 g/mol. The Bertz CT molecular complexity index is 2260. The fourth-order valence-corrected chi connectivity index (χ4v) is 9.92. The van der Waals surface area contributed by atoms with Crippen LogP contribution in [0.15, 0.2) is 72.6 Å². The molecule has 2 aromatic heterocycles. The molecule has 14 heteroatoms. The molecule has 0 radical (unpaired) electrons. The second-order valence-corrected chi connectivity index (χ2v) is 18.4. The molecule has 5 atom stereocenters. The molecule has 3 N–H and O–H groups in total. The number of carbonyl (C=O) groups excluding carboxylic acids is 3. The molecule has 1 saturated heterocycles. The number of nitrogens with one attached hydrogen (secondary N) is 3. The maximum Gasteiger partial charge on any atom is 0.259 e. The number of pyridine rings is 1. The van der Waals surface area contributed by atoms with Crippen molar-refractivity contribution in [3.63, 3.8) is 0 Å². The lowest BCUT2D eigenvalue weighted by molar-refractivity contribution is -0.140. The summed E-state index contributed by atoms with van der Waals surface area (Å²) < 4.78 is 34.6. The number of benzene rings is 2. The van der Waals surface area contributed by atoms with Crippen molar-refractivity contribution in [3.8, 4) is 17.0 Å². The normalized spacial score (nSPS) is 25.4. The van der Waals surface area contributed by atoms with E-state index in [1.807, 2.05) is 61.7 Å². The molecule has 2 aromatic carbocycles. The minimum absolute atomic E-state index is 0.106.